The molecule has 0 aromatic heterocycles. The van der Waals surface area contributed by atoms with E-state index < -0.39 is 0 Å². The second-order valence-corrected chi connectivity index (χ2v) is 7.86. The molecule has 0 spiro atoms. The van der Waals surface area contributed by atoms with Crippen molar-refractivity contribution < 1.29 is 14.6 Å². The summed E-state index contributed by atoms with van der Waals surface area (Å²) in [6.07, 6.45) is 2.92. The maximum atomic E-state index is 10.3. The van der Waals surface area contributed by atoms with Gasteiger partial charge < -0.3 is 14.6 Å². The lowest BCUT2D eigenvalue weighted by molar-refractivity contribution is -0.0634. The second kappa shape index (κ2) is 8.52. The number of benzene rings is 1. The first-order valence-corrected chi connectivity index (χ1v) is 9.79. The summed E-state index contributed by atoms with van der Waals surface area (Å²) in [6, 6.07) is 6.85. The highest BCUT2D eigenvalue weighted by atomic mass is 16.5. The van der Waals surface area contributed by atoms with Gasteiger partial charge in [0.05, 0.1) is 12.7 Å². The Bertz CT molecular complexity index is 560. The monoisotopic (exact) mass is 347 g/mol. The average molecular weight is 347 g/mol. The molecule has 25 heavy (non-hydrogen) atoms. The van der Waals surface area contributed by atoms with Crippen LogP contribution >= 0.6 is 0 Å². The molecule has 0 aliphatic carbocycles. The van der Waals surface area contributed by atoms with Crippen molar-refractivity contribution in [1.82, 2.24) is 4.90 Å². The summed E-state index contributed by atoms with van der Waals surface area (Å²) in [5.41, 5.74) is 2.69. The lowest BCUT2D eigenvalue weighted by atomic mass is 9.89. The largest absolute Gasteiger partial charge is 0.492 e. The molecule has 140 valence electrons. The molecule has 0 bridgehead atoms. The third kappa shape index (κ3) is 4.55. The van der Waals surface area contributed by atoms with Crippen LogP contribution in [0.15, 0.2) is 18.2 Å². The third-order valence-corrected chi connectivity index (χ3v) is 5.78. The lowest BCUT2D eigenvalue weighted by Gasteiger charge is -2.37. The molecule has 2 heterocycles. The molecule has 2 aliphatic heterocycles. The minimum atomic E-state index is -0.216. The molecule has 2 aliphatic rings. The van der Waals surface area contributed by atoms with E-state index in [1.807, 2.05) is 0 Å². The molecule has 3 atom stereocenters. The number of hydrogen-bond donors (Lipinski definition) is 1. The Kier molecular flexibility index (Phi) is 6.37. The summed E-state index contributed by atoms with van der Waals surface area (Å²) in [5, 5.41) is 10.3. The Morgan fingerprint density at radius 3 is 2.88 bits per heavy atom. The van der Waals surface area contributed by atoms with Crippen LogP contribution in [0.5, 0.6) is 5.75 Å². The summed E-state index contributed by atoms with van der Waals surface area (Å²) in [4.78, 5) is 2.48. The fourth-order valence-corrected chi connectivity index (χ4v) is 4.40. The van der Waals surface area contributed by atoms with Crippen LogP contribution in [-0.2, 0) is 4.74 Å². The molecule has 0 saturated carbocycles. The predicted octanol–water partition coefficient (Wildman–Crippen LogP) is 3.36. The molecule has 2 saturated heterocycles. The minimum absolute atomic E-state index is 0.216. The van der Waals surface area contributed by atoms with E-state index in [9.17, 15) is 5.11 Å². The Hall–Kier alpha value is -1.10. The minimum Gasteiger partial charge on any atom is -0.492 e. The van der Waals surface area contributed by atoms with Gasteiger partial charge in [-0.05, 0) is 61.9 Å². The van der Waals surface area contributed by atoms with Gasteiger partial charge in [0.2, 0.25) is 0 Å². The van der Waals surface area contributed by atoms with Crippen molar-refractivity contribution in [2.75, 3.05) is 32.9 Å². The second-order valence-electron chi connectivity index (χ2n) is 7.86. The van der Waals surface area contributed by atoms with Gasteiger partial charge in [-0.3, -0.25) is 4.90 Å². The highest BCUT2D eigenvalue weighted by Gasteiger charge is 2.37. The first-order chi connectivity index (χ1) is 12.1. The maximum Gasteiger partial charge on any atom is 0.119 e. The first kappa shape index (κ1) is 18.7. The summed E-state index contributed by atoms with van der Waals surface area (Å²) in [7, 11) is 0. The zero-order chi connectivity index (χ0) is 17.8. The van der Waals surface area contributed by atoms with E-state index in [1.54, 1.807) is 0 Å². The number of aryl methyl sites for hydroxylation is 1. The topological polar surface area (TPSA) is 41.9 Å². The molecule has 3 rings (SSSR count). The molecule has 0 unspecified atom stereocenters. The van der Waals surface area contributed by atoms with Gasteiger partial charge in [0, 0.05) is 25.1 Å². The zero-order valence-electron chi connectivity index (χ0n) is 15.9. The molecule has 1 aromatic carbocycles. The Morgan fingerprint density at radius 2 is 2.16 bits per heavy atom. The third-order valence-electron chi connectivity index (χ3n) is 5.78. The van der Waals surface area contributed by atoms with Gasteiger partial charge in [-0.1, -0.05) is 19.9 Å². The Balaban J connectivity index is 1.52. The molecule has 1 aromatic rings. The van der Waals surface area contributed by atoms with E-state index in [-0.39, 0.29) is 12.0 Å². The van der Waals surface area contributed by atoms with E-state index in [1.165, 1.54) is 17.5 Å². The van der Waals surface area contributed by atoms with Gasteiger partial charge >= 0.3 is 0 Å². The van der Waals surface area contributed by atoms with Crippen LogP contribution in [0.1, 0.15) is 50.2 Å². The van der Waals surface area contributed by atoms with Crippen LogP contribution in [0.2, 0.25) is 0 Å². The van der Waals surface area contributed by atoms with E-state index in [0.717, 1.165) is 31.7 Å². The van der Waals surface area contributed by atoms with Crippen LogP contribution in [-0.4, -0.2) is 55.1 Å². The number of likely N-dealkylation sites (tertiary alicyclic amines) is 1. The normalized spacial score (nSPS) is 27.8. The number of nitrogens with zero attached hydrogens (tertiary/aromatic N) is 1. The summed E-state index contributed by atoms with van der Waals surface area (Å²) in [6.45, 7) is 10.7. The van der Waals surface area contributed by atoms with Gasteiger partial charge in [-0.15, -0.1) is 0 Å². The highest BCUT2D eigenvalue weighted by molar-refractivity contribution is 5.36. The van der Waals surface area contributed by atoms with Crippen LogP contribution in [0.4, 0.5) is 0 Å². The van der Waals surface area contributed by atoms with Crippen LogP contribution in [0, 0.1) is 12.8 Å². The fourth-order valence-electron chi connectivity index (χ4n) is 4.40. The van der Waals surface area contributed by atoms with E-state index >= 15 is 0 Å². The molecule has 0 radical (unpaired) electrons. The number of aliphatic hydroxyl groups excluding tert-OH is 1. The molecule has 4 heteroatoms. The maximum absolute atomic E-state index is 10.3. The first-order valence-electron chi connectivity index (χ1n) is 9.79. The smallest absolute Gasteiger partial charge is 0.119 e. The van der Waals surface area contributed by atoms with Gasteiger partial charge in [0.25, 0.3) is 0 Å². The standard InChI is InChI=1S/C21H33NO3/c1-15(2)18-7-6-17(13-16(18)3)25-12-10-22-9-4-5-20(22)19-14-24-11-8-21(19)23/h6-7,13,15,19-21,23H,4-5,8-12,14H2,1-3H3/t19-,20-,21-/m1/s1. The predicted molar refractivity (Wildman–Crippen MR) is 100 cm³/mol. The number of rotatable bonds is 6. The van der Waals surface area contributed by atoms with Crippen LogP contribution < -0.4 is 4.74 Å². The van der Waals surface area contributed by atoms with Gasteiger partial charge in [0.15, 0.2) is 0 Å². The molecule has 2 fully saturated rings. The average Bonchev–Trinajstić information content (AvgIpc) is 3.03. The SMILES string of the molecule is Cc1cc(OCCN2CCC[C@@H]2[C@H]2COCC[C@H]2O)ccc1C(C)C. The van der Waals surface area contributed by atoms with Crippen molar-refractivity contribution in [2.45, 2.75) is 58.1 Å². The fraction of sp³-hybridized carbons (Fsp3) is 0.714. The van der Waals surface area contributed by atoms with E-state index in [2.05, 4.69) is 43.9 Å². The Labute approximate surface area is 152 Å². The molecule has 4 nitrogen and oxygen atoms in total. The number of aliphatic hydroxyl groups is 1. The highest BCUT2D eigenvalue weighted by Crippen LogP contribution is 2.30. The molecular formula is C21H33NO3. The van der Waals surface area contributed by atoms with Crippen molar-refractivity contribution in [1.29, 1.82) is 0 Å². The van der Waals surface area contributed by atoms with Crippen molar-refractivity contribution in [3.63, 3.8) is 0 Å². The van der Waals surface area contributed by atoms with E-state index in [4.69, 9.17) is 9.47 Å². The van der Waals surface area contributed by atoms with Gasteiger partial charge in [0.1, 0.15) is 12.4 Å². The van der Waals surface area contributed by atoms with E-state index in [0.29, 0.717) is 31.8 Å². The number of hydrogen-bond acceptors (Lipinski definition) is 4. The van der Waals surface area contributed by atoms with Crippen molar-refractivity contribution in [2.24, 2.45) is 5.92 Å². The van der Waals surface area contributed by atoms with Crippen LogP contribution in [0.25, 0.3) is 0 Å². The van der Waals surface area contributed by atoms with Crippen molar-refractivity contribution in [3.05, 3.63) is 29.3 Å². The Morgan fingerprint density at radius 1 is 1.32 bits per heavy atom. The van der Waals surface area contributed by atoms with Crippen molar-refractivity contribution >= 4 is 0 Å². The molecular weight excluding hydrogens is 314 g/mol. The van der Waals surface area contributed by atoms with Gasteiger partial charge in [-0.2, -0.15) is 0 Å². The van der Waals surface area contributed by atoms with Crippen molar-refractivity contribution in [3.8, 4) is 5.75 Å². The summed E-state index contributed by atoms with van der Waals surface area (Å²) in [5.74, 6) is 1.76. The summed E-state index contributed by atoms with van der Waals surface area (Å²) >= 11 is 0. The molecule has 1 N–H and O–H groups in total. The zero-order valence-corrected chi connectivity index (χ0v) is 15.9. The lowest BCUT2D eigenvalue weighted by Crippen LogP contribution is -2.47. The number of ether oxygens (including phenoxy) is 2. The molecule has 0 amide bonds. The van der Waals surface area contributed by atoms with Gasteiger partial charge in [-0.25, -0.2) is 0 Å². The summed E-state index contributed by atoms with van der Waals surface area (Å²) < 4.78 is 11.6. The van der Waals surface area contributed by atoms with Crippen LogP contribution in [0.3, 0.4) is 0 Å². The quantitative estimate of drug-likeness (QED) is 0.857.